The van der Waals surface area contributed by atoms with Gasteiger partial charge < -0.3 is 9.64 Å². The summed E-state index contributed by atoms with van der Waals surface area (Å²) in [6.07, 6.45) is 1.22. The molecule has 1 saturated heterocycles. The predicted octanol–water partition coefficient (Wildman–Crippen LogP) is 4.95. The lowest BCUT2D eigenvalue weighted by Crippen LogP contribution is -2.27. The fourth-order valence-electron chi connectivity index (χ4n) is 3.58. The van der Waals surface area contributed by atoms with Crippen LogP contribution in [-0.4, -0.2) is 18.4 Å². The van der Waals surface area contributed by atoms with E-state index in [2.05, 4.69) is 20.8 Å². The monoisotopic (exact) mass is 379 g/mol. The van der Waals surface area contributed by atoms with E-state index in [1.54, 1.807) is 4.90 Å². The number of nitrogens with zero attached hydrogens (tertiary/aromatic N) is 1. The third-order valence-electron chi connectivity index (χ3n) is 5.84. The number of hydrogen-bond donors (Lipinski definition) is 0. The summed E-state index contributed by atoms with van der Waals surface area (Å²) in [5, 5.41) is 0. The second-order valence-corrected chi connectivity index (χ2v) is 8.38. The number of anilines is 1. The van der Waals surface area contributed by atoms with Crippen LogP contribution in [-0.2, 0) is 15.0 Å². The van der Waals surface area contributed by atoms with Gasteiger partial charge in [-0.25, -0.2) is 0 Å². The van der Waals surface area contributed by atoms with E-state index in [1.807, 2.05) is 56.3 Å². The number of carbonyl (C=O) groups excluding carboxylic acids is 2. The molecule has 2 aromatic rings. The van der Waals surface area contributed by atoms with E-state index in [-0.39, 0.29) is 23.7 Å². The van der Waals surface area contributed by atoms with E-state index in [0.29, 0.717) is 12.3 Å². The van der Waals surface area contributed by atoms with E-state index in [4.69, 9.17) is 4.74 Å². The summed E-state index contributed by atoms with van der Waals surface area (Å²) < 4.78 is 5.56. The Labute approximate surface area is 167 Å². The molecule has 4 heteroatoms. The maximum absolute atomic E-state index is 12.6. The minimum Gasteiger partial charge on any atom is -0.426 e. The first-order valence-corrected chi connectivity index (χ1v) is 9.91. The molecule has 4 nitrogen and oxygen atoms in total. The normalized spacial score (nSPS) is 17.1. The molecule has 0 radical (unpaired) electrons. The summed E-state index contributed by atoms with van der Waals surface area (Å²) >= 11 is 0. The summed E-state index contributed by atoms with van der Waals surface area (Å²) in [6, 6.07) is 13.7. The predicted molar refractivity (Wildman–Crippen MR) is 112 cm³/mol. The van der Waals surface area contributed by atoms with Crippen LogP contribution < -0.4 is 9.64 Å². The largest absolute Gasteiger partial charge is 0.426 e. The van der Waals surface area contributed by atoms with Gasteiger partial charge in [0.15, 0.2) is 0 Å². The highest BCUT2D eigenvalue weighted by Gasteiger charge is 2.37. The maximum Gasteiger partial charge on any atom is 0.316 e. The molecule has 1 aliphatic rings. The van der Waals surface area contributed by atoms with Crippen LogP contribution in [0.1, 0.15) is 50.3 Å². The molecule has 0 N–H and O–H groups in total. The smallest absolute Gasteiger partial charge is 0.316 e. The minimum absolute atomic E-state index is 0.0334. The standard InChI is InChI=1S/C24H29NO3/c1-6-24(4,5)19-8-10-20(11-9-19)28-23(27)18-14-22(26)25(15-18)21-12-7-16(2)13-17(21)3/h7-13,18H,6,14-15H2,1-5H3/t18-/m0/s1. The highest BCUT2D eigenvalue weighted by molar-refractivity contribution is 6.00. The van der Waals surface area contributed by atoms with Gasteiger partial charge in [0.25, 0.3) is 0 Å². The topological polar surface area (TPSA) is 46.6 Å². The summed E-state index contributed by atoms with van der Waals surface area (Å²) in [5.74, 6) is -0.296. The van der Waals surface area contributed by atoms with Crippen molar-refractivity contribution in [3.63, 3.8) is 0 Å². The van der Waals surface area contributed by atoms with Crippen molar-refractivity contribution in [1.29, 1.82) is 0 Å². The Morgan fingerprint density at radius 3 is 2.43 bits per heavy atom. The fourth-order valence-corrected chi connectivity index (χ4v) is 3.58. The molecular formula is C24H29NO3. The first kappa shape index (κ1) is 20.1. The van der Waals surface area contributed by atoms with Crippen molar-refractivity contribution in [1.82, 2.24) is 0 Å². The van der Waals surface area contributed by atoms with Crippen molar-refractivity contribution in [3.8, 4) is 5.75 Å². The van der Waals surface area contributed by atoms with Crippen LogP contribution in [0.5, 0.6) is 5.75 Å². The SMILES string of the molecule is CCC(C)(C)c1ccc(OC(=O)[C@H]2CC(=O)N(c3ccc(C)cc3C)C2)cc1. The van der Waals surface area contributed by atoms with Crippen molar-refractivity contribution < 1.29 is 14.3 Å². The van der Waals surface area contributed by atoms with Crippen molar-refractivity contribution >= 4 is 17.6 Å². The molecule has 1 aliphatic heterocycles. The van der Waals surface area contributed by atoms with E-state index in [9.17, 15) is 9.59 Å². The molecule has 0 saturated carbocycles. The van der Waals surface area contributed by atoms with Crippen LogP contribution in [0, 0.1) is 19.8 Å². The first-order valence-electron chi connectivity index (χ1n) is 9.91. The summed E-state index contributed by atoms with van der Waals surface area (Å²) in [5.41, 5.74) is 4.37. The number of hydrogen-bond acceptors (Lipinski definition) is 3. The molecule has 1 fully saturated rings. The molecule has 1 heterocycles. The molecule has 2 aromatic carbocycles. The average molecular weight is 380 g/mol. The van der Waals surface area contributed by atoms with E-state index < -0.39 is 5.92 Å². The van der Waals surface area contributed by atoms with Crippen LogP contribution in [0.15, 0.2) is 42.5 Å². The zero-order valence-corrected chi connectivity index (χ0v) is 17.4. The second kappa shape index (κ2) is 7.78. The number of rotatable bonds is 5. The Morgan fingerprint density at radius 1 is 1.14 bits per heavy atom. The van der Waals surface area contributed by atoms with E-state index in [0.717, 1.165) is 23.2 Å². The van der Waals surface area contributed by atoms with Gasteiger partial charge in [0.05, 0.1) is 5.92 Å². The highest BCUT2D eigenvalue weighted by atomic mass is 16.5. The van der Waals surface area contributed by atoms with Crippen LogP contribution >= 0.6 is 0 Å². The van der Waals surface area contributed by atoms with Gasteiger partial charge >= 0.3 is 5.97 Å². The quantitative estimate of drug-likeness (QED) is 0.545. The molecule has 148 valence electrons. The molecule has 3 rings (SSSR count). The zero-order chi connectivity index (χ0) is 20.5. The van der Waals surface area contributed by atoms with Gasteiger partial charge in [-0.15, -0.1) is 0 Å². The summed E-state index contributed by atoms with van der Waals surface area (Å²) in [4.78, 5) is 26.8. The Hall–Kier alpha value is -2.62. The first-order chi connectivity index (χ1) is 13.2. The number of aryl methyl sites for hydroxylation is 2. The zero-order valence-electron chi connectivity index (χ0n) is 17.4. The number of ether oxygens (including phenoxy) is 1. The van der Waals surface area contributed by atoms with Crippen LogP contribution in [0.3, 0.4) is 0 Å². The van der Waals surface area contributed by atoms with Crippen LogP contribution in [0.2, 0.25) is 0 Å². The average Bonchev–Trinajstić information content (AvgIpc) is 3.04. The molecule has 0 bridgehead atoms. The molecule has 28 heavy (non-hydrogen) atoms. The molecule has 0 aromatic heterocycles. The van der Waals surface area contributed by atoms with Crippen LogP contribution in [0.4, 0.5) is 5.69 Å². The molecule has 1 atom stereocenters. The van der Waals surface area contributed by atoms with Crippen molar-refractivity contribution in [2.75, 3.05) is 11.4 Å². The molecule has 0 spiro atoms. The molecule has 0 unspecified atom stereocenters. The molecule has 0 aliphatic carbocycles. The minimum atomic E-state index is -0.444. The summed E-state index contributed by atoms with van der Waals surface area (Å²) in [6.45, 7) is 10.9. The third-order valence-corrected chi connectivity index (χ3v) is 5.84. The van der Waals surface area contributed by atoms with Gasteiger partial charge in [-0.1, -0.05) is 50.6 Å². The van der Waals surface area contributed by atoms with Gasteiger partial charge in [-0.2, -0.15) is 0 Å². The van der Waals surface area contributed by atoms with Crippen LogP contribution in [0.25, 0.3) is 0 Å². The van der Waals surface area contributed by atoms with Gasteiger partial charge in [-0.3, -0.25) is 9.59 Å². The Balaban J connectivity index is 1.68. The van der Waals surface area contributed by atoms with Crippen molar-refractivity contribution in [2.24, 2.45) is 5.92 Å². The third kappa shape index (κ3) is 4.11. The maximum atomic E-state index is 12.6. The molecule has 1 amide bonds. The Morgan fingerprint density at radius 2 is 1.82 bits per heavy atom. The Kier molecular flexibility index (Phi) is 5.59. The second-order valence-electron chi connectivity index (χ2n) is 8.38. The van der Waals surface area contributed by atoms with Gasteiger partial charge in [-0.05, 0) is 55.0 Å². The highest BCUT2D eigenvalue weighted by Crippen LogP contribution is 2.31. The van der Waals surface area contributed by atoms with E-state index >= 15 is 0 Å². The van der Waals surface area contributed by atoms with Crippen molar-refractivity contribution in [3.05, 3.63) is 59.2 Å². The van der Waals surface area contributed by atoms with Gasteiger partial charge in [0, 0.05) is 18.7 Å². The summed E-state index contributed by atoms with van der Waals surface area (Å²) in [7, 11) is 0. The molecular weight excluding hydrogens is 350 g/mol. The number of esters is 1. The lowest BCUT2D eigenvalue weighted by Gasteiger charge is -2.23. The lowest BCUT2D eigenvalue weighted by atomic mass is 9.82. The number of amides is 1. The van der Waals surface area contributed by atoms with Crippen molar-refractivity contribution in [2.45, 2.75) is 52.9 Å². The number of carbonyl (C=O) groups is 2. The fraction of sp³-hybridized carbons (Fsp3) is 0.417. The van der Waals surface area contributed by atoms with E-state index in [1.165, 1.54) is 5.56 Å². The Bertz CT molecular complexity index is 883. The number of benzene rings is 2. The van der Waals surface area contributed by atoms with Gasteiger partial charge in [0.2, 0.25) is 5.91 Å². The lowest BCUT2D eigenvalue weighted by molar-refractivity contribution is -0.139. The van der Waals surface area contributed by atoms with Gasteiger partial charge in [0.1, 0.15) is 5.75 Å².